The Morgan fingerprint density at radius 1 is 0.759 bits per heavy atom. The largest absolute Gasteiger partial charge is 0.368 e. The summed E-state index contributed by atoms with van der Waals surface area (Å²) in [6.07, 6.45) is 0.696. The van der Waals surface area contributed by atoms with Gasteiger partial charge in [-0.3, -0.25) is 9.59 Å². The van der Waals surface area contributed by atoms with Gasteiger partial charge in [0.15, 0.2) is 0 Å². The molecule has 0 spiro atoms. The zero-order valence-corrected chi connectivity index (χ0v) is 16.1. The first kappa shape index (κ1) is 20.3. The minimum atomic E-state index is -0.799. The summed E-state index contributed by atoms with van der Waals surface area (Å²) in [6, 6.07) is 25.8. The second kappa shape index (κ2) is 9.66. The van der Waals surface area contributed by atoms with Gasteiger partial charge in [0.2, 0.25) is 11.8 Å². The molecule has 0 fully saturated rings. The molecule has 0 radical (unpaired) electrons. The van der Waals surface area contributed by atoms with Crippen LogP contribution in [-0.2, 0) is 22.4 Å². The Labute approximate surface area is 170 Å². The zero-order chi connectivity index (χ0) is 20.6. The molecule has 3 aromatic rings. The van der Waals surface area contributed by atoms with E-state index in [0.29, 0.717) is 12.8 Å². The van der Waals surface area contributed by atoms with Gasteiger partial charge in [-0.05, 0) is 28.7 Å². The van der Waals surface area contributed by atoms with Crippen molar-refractivity contribution in [3.05, 3.63) is 96.1 Å². The maximum absolute atomic E-state index is 12.6. The molecule has 0 aromatic heterocycles. The van der Waals surface area contributed by atoms with Crippen LogP contribution >= 0.6 is 0 Å². The highest BCUT2D eigenvalue weighted by molar-refractivity contribution is 5.89. The van der Waals surface area contributed by atoms with Gasteiger partial charge < -0.3 is 16.8 Å². The van der Waals surface area contributed by atoms with Crippen molar-refractivity contribution in [3.8, 4) is 11.1 Å². The minimum Gasteiger partial charge on any atom is -0.368 e. The summed E-state index contributed by atoms with van der Waals surface area (Å²) in [5.41, 5.74) is 15.6. The van der Waals surface area contributed by atoms with Crippen LogP contribution < -0.4 is 16.8 Å². The summed E-state index contributed by atoms with van der Waals surface area (Å²) in [5.74, 6) is -0.977. The lowest BCUT2D eigenvalue weighted by molar-refractivity contribution is -0.128. The maximum Gasteiger partial charge on any atom is 0.240 e. The van der Waals surface area contributed by atoms with Gasteiger partial charge in [0.25, 0.3) is 0 Å². The number of carbonyl (C=O) groups excluding carboxylic acids is 2. The van der Waals surface area contributed by atoms with Crippen LogP contribution in [0.25, 0.3) is 11.1 Å². The number of hydrogen-bond acceptors (Lipinski definition) is 3. The van der Waals surface area contributed by atoms with Gasteiger partial charge in [-0.2, -0.15) is 0 Å². The normalized spacial score (nSPS) is 12.7. The Morgan fingerprint density at radius 3 is 2.00 bits per heavy atom. The second-order valence-corrected chi connectivity index (χ2v) is 7.03. The van der Waals surface area contributed by atoms with Crippen molar-refractivity contribution in [3.63, 3.8) is 0 Å². The van der Waals surface area contributed by atoms with Crippen molar-refractivity contribution >= 4 is 11.8 Å². The fourth-order valence-electron chi connectivity index (χ4n) is 3.21. The molecule has 5 nitrogen and oxygen atoms in total. The second-order valence-electron chi connectivity index (χ2n) is 7.03. The van der Waals surface area contributed by atoms with Crippen LogP contribution in [0.3, 0.4) is 0 Å². The molecule has 0 bridgehead atoms. The van der Waals surface area contributed by atoms with Crippen LogP contribution in [0.15, 0.2) is 84.9 Å². The molecular weight excluding hydrogens is 362 g/mol. The molecule has 0 aliphatic carbocycles. The third-order valence-corrected chi connectivity index (χ3v) is 4.77. The predicted molar refractivity (Wildman–Crippen MR) is 115 cm³/mol. The molecule has 0 aliphatic heterocycles. The van der Waals surface area contributed by atoms with E-state index in [4.69, 9.17) is 11.5 Å². The molecule has 0 heterocycles. The number of primary amides is 1. The van der Waals surface area contributed by atoms with Crippen LogP contribution in [0.5, 0.6) is 0 Å². The molecule has 2 amide bonds. The van der Waals surface area contributed by atoms with Gasteiger partial charge in [0.1, 0.15) is 6.04 Å². The fraction of sp³-hybridized carbons (Fsp3) is 0.167. The summed E-state index contributed by atoms with van der Waals surface area (Å²) >= 11 is 0. The summed E-state index contributed by atoms with van der Waals surface area (Å²) in [6.45, 7) is 0. The van der Waals surface area contributed by atoms with E-state index in [9.17, 15) is 9.59 Å². The number of hydrogen-bond donors (Lipinski definition) is 3. The van der Waals surface area contributed by atoms with E-state index >= 15 is 0 Å². The number of rotatable bonds is 8. The number of benzene rings is 3. The van der Waals surface area contributed by atoms with E-state index in [1.54, 1.807) is 0 Å². The molecule has 0 aliphatic rings. The third-order valence-electron chi connectivity index (χ3n) is 4.77. The zero-order valence-electron chi connectivity index (χ0n) is 16.1. The van der Waals surface area contributed by atoms with Crippen molar-refractivity contribution in [1.29, 1.82) is 0 Å². The van der Waals surface area contributed by atoms with Gasteiger partial charge in [-0.1, -0.05) is 84.9 Å². The summed E-state index contributed by atoms with van der Waals surface area (Å²) in [7, 11) is 0. The highest BCUT2D eigenvalue weighted by Crippen LogP contribution is 2.20. The summed E-state index contributed by atoms with van der Waals surface area (Å²) in [5, 5.41) is 2.69. The van der Waals surface area contributed by atoms with Crippen molar-refractivity contribution in [1.82, 2.24) is 5.32 Å². The molecule has 0 saturated carbocycles. The fourth-order valence-corrected chi connectivity index (χ4v) is 3.21. The molecule has 2 atom stereocenters. The predicted octanol–water partition coefficient (Wildman–Crippen LogP) is 2.44. The molecule has 29 heavy (non-hydrogen) atoms. The lowest BCUT2D eigenvalue weighted by atomic mass is 9.99. The van der Waals surface area contributed by atoms with Crippen molar-refractivity contribution < 1.29 is 9.59 Å². The van der Waals surface area contributed by atoms with Crippen LogP contribution in [0.1, 0.15) is 11.1 Å². The molecular formula is C24H25N3O2. The van der Waals surface area contributed by atoms with Gasteiger partial charge >= 0.3 is 0 Å². The molecule has 5 heteroatoms. The molecule has 1 unspecified atom stereocenters. The van der Waals surface area contributed by atoms with Crippen LogP contribution in [-0.4, -0.2) is 23.9 Å². The summed E-state index contributed by atoms with van der Waals surface area (Å²) in [4.78, 5) is 24.4. The Hall–Kier alpha value is -3.44. The molecule has 148 valence electrons. The standard InChI is InChI=1S/C24H25N3O2/c25-21(15-18-10-7-13-20(14-18)19-11-5-2-6-12-19)24(29)27-22(23(26)28)16-17-8-3-1-4-9-17/h1-14,21-22H,15-16,25H2,(H2,26,28)(H,27,29)/t21?,22-/m0/s1. The average molecular weight is 387 g/mol. The van der Waals surface area contributed by atoms with Crippen molar-refractivity contribution in [2.45, 2.75) is 24.9 Å². The Kier molecular flexibility index (Phi) is 6.76. The lowest BCUT2D eigenvalue weighted by Crippen LogP contribution is -2.51. The first-order valence-corrected chi connectivity index (χ1v) is 9.56. The molecule has 3 rings (SSSR count). The molecule has 5 N–H and O–H groups in total. The Bertz CT molecular complexity index is 958. The first-order valence-electron chi connectivity index (χ1n) is 9.56. The third kappa shape index (κ3) is 5.77. The SMILES string of the molecule is NC(=O)[C@H](Cc1ccccc1)NC(=O)C(N)Cc1cccc(-c2ccccc2)c1. The van der Waals surface area contributed by atoms with E-state index in [0.717, 1.165) is 22.3 Å². The van der Waals surface area contributed by atoms with Gasteiger partial charge in [0, 0.05) is 6.42 Å². The van der Waals surface area contributed by atoms with Gasteiger partial charge in [-0.15, -0.1) is 0 Å². The number of amides is 2. The quantitative estimate of drug-likeness (QED) is 0.554. The van der Waals surface area contributed by atoms with Crippen molar-refractivity contribution in [2.24, 2.45) is 11.5 Å². The number of carbonyl (C=O) groups is 2. The van der Waals surface area contributed by atoms with Gasteiger partial charge in [0.05, 0.1) is 6.04 Å². The highest BCUT2D eigenvalue weighted by atomic mass is 16.2. The molecule has 3 aromatic carbocycles. The Morgan fingerprint density at radius 2 is 1.34 bits per heavy atom. The van der Waals surface area contributed by atoms with E-state index in [2.05, 4.69) is 5.32 Å². The topological polar surface area (TPSA) is 98.2 Å². The highest BCUT2D eigenvalue weighted by Gasteiger charge is 2.22. The van der Waals surface area contributed by atoms with E-state index in [-0.39, 0.29) is 0 Å². The van der Waals surface area contributed by atoms with E-state index in [1.165, 1.54) is 0 Å². The average Bonchev–Trinajstić information content (AvgIpc) is 2.74. The van der Waals surface area contributed by atoms with E-state index in [1.807, 2.05) is 84.9 Å². The van der Waals surface area contributed by atoms with Crippen molar-refractivity contribution in [2.75, 3.05) is 0 Å². The van der Waals surface area contributed by atoms with Crippen LogP contribution in [0.4, 0.5) is 0 Å². The van der Waals surface area contributed by atoms with Crippen LogP contribution in [0.2, 0.25) is 0 Å². The maximum atomic E-state index is 12.6. The monoisotopic (exact) mass is 387 g/mol. The lowest BCUT2D eigenvalue weighted by Gasteiger charge is -2.19. The number of nitrogens with two attached hydrogens (primary N) is 2. The van der Waals surface area contributed by atoms with E-state index < -0.39 is 23.9 Å². The Balaban J connectivity index is 1.64. The first-order chi connectivity index (χ1) is 14.0. The minimum absolute atomic E-state index is 0.331. The summed E-state index contributed by atoms with van der Waals surface area (Å²) < 4.78 is 0. The van der Waals surface area contributed by atoms with Crippen LogP contribution in [0, 0.1) is 0 Å². The smallest absolute Gasteiger partial charge is 0.240 e. The number of nitrogens with one attached hydrogen (secondary N) is 1. The molecule has 0 saturated heterocycles. The van der Waals surface area contributed by atoms with Gasteiger partial charge in [-0.25, -0.2) is 0 Å².